The van der Waals surface area contributed by atoms with E-state index in [1.807, 2.05) is 0 Å². The fourth-order valence-corrected chi connectivity index (χ4v) is 1.35. The summed E-state index contributed by atoms with van der Waals surface area (Å²) in [7, 11) is 0. The summed E-state index contributed by atoms with van der Waals surface area (Å²) in [5.74, 6) is 0.426. The van der Waals surface area contributed by atoms with E-state index in [4.69, 9.17) is 51.1 Å². The molecule has 1 N–H and O–H groups in total. The molecule has 0 aliphatic carbocycles. The van der Waals surface area contributed by atoms with Gasteiger partial charge in [0.2, 0.25) is 16.4 Å². The maximum atomic E-state index is 10.3. The van der Waals surface area contributed by atoms with Crippen molar-refractivity contribution in [2.45, 2.75) is 10.0 Å². The zero-order valence-corrected chi connectivity index (χ0v) is 10.8. The van der Waals surface area contributed by atoms with Gasteiger partial charge in [0.05, 0.1) is 0 Å². The van der Waals surface area contributed by atoms with Crippen LogP contribution in [0.15, 0.2) is 24.3 Å². The minimum atomic E-state index is -1.76. The third-order valence-corrected chi connectivity index (χ3v) is 2.43. The Labute approximate surface area is 113 Å². The molecular weight excluding hydrogens is 296 g/mol. The van der Waals surface area contributed by atoms with Gasteiger partial charge in [0.1, 0.15) is 5.75 Å². The van der Waals surface area contributed by atoms with Gasteiger partial charge in [-0.25, -0.2) is 0 Å². The maximum Gasteiger partial charge on any atom is 0.246 e. The molecule has 1 unspecified atom stereocenters. The van der Waals surface area contributed by atoms with Crippen molar-refractivity contribution in [2.24, 2.45) is 0 Å². The first-order valence-corrected chi connectivity index (χ1v) is 5.63. The van der Waals surface area contributed by atoms with Gasteiger partial charge in [-0.3, -0.25) is 4.79 Å². The molecule has 0 aromatic heterocycles. The van der Waals surface area contributed by atoms with E-state index < -0.39 is 10.0 Å². The van der Waals surface area contributed by atoms with Gasteiger partial charge in [-0.05, 0) is 24.3 Å². The molecule has 88 valence electrons. The number of benzene rings is 1. The first kappa shape index (κ1) is 13.7. The summed E-state index contributed by atoms with van der Waals surface area (Å²) in [5.41, 5.74) is 0. The van der Waals surface area contributed by atoms with Crippen LogP contribution < -0.4 is 10.1 Å². The SMILES string of the molecule is O=CNC(Oc1ccc(Cl)cc1)C(Cl)(Cl)Cl. The molecule has 1 aromatic carbocycles. The standard InChI is InChI=1S/C9H7Cl4NO2/c10-6-1-3-7(4-2-6)16-8(14-5-15)9(11,12)13/h1-5,8H,(H,14,15). The highest BCUT2D eigenvalue weighted by molar-refractivity contribution is 6.68. The average molecular weight is 303 g/mol. The Balaban J connectivity index is 2.75. The molecule has 3 nitrogen and oxygen atoms in total. The van der Waals surface area contributed by atoms with Crippen LogP contribution in [0.5, 0.6) is 5.75 Å². The van der Waals surface area contributed by atoms with E-state index in [2.05, 4.69) is 5.32 Å². The molecule has 16 heavy (non-hydrogen) atoms. The third kappa shape index (κ3) is 4.26. The minimum Gasteiger partial charge on any atom is -0.466 e. The molecule has 0 saturated heterocycles. The van der Waals surface area contributed by atoms with Crippen molar-refractivity contribution in [1.82, 2.24) is 5.32 Å². The summed E-state index contributed by atoms with van der Waals surface area (Å²) >= 11 is 22.5. The number of nitrogens with one attached hydrogen (secondary N) is 1. The second kappa shape index (κ2) is 5.82. The van der Waals surface area contributed by atoms with E-state index >= 15 is 0 Å². The van der Waals surface area contributed by atoms with E-state index in [0.29, 0.717) is 17.2 Å². The van der Waals surface area contributed by atoms with Crippen molar-refractivity contribution >= 4 is 52.8 Å². The monoisotopic (exact) mass is 301 g/mol. The highest BCUT2D eigenvalue weighted by atomic mass is 35.6. The van der Waals surface area contributed by atoms with Crippen LogP contribution in [0.3, 0.4) is 0 Å². The van der Waals surface area contributed by atoms with Crippen molar-refractivity contribution in [2.75, 3.05) is 0 Å². The highest BCUT2D eigenvalue weighted by Crippen LogP contribution is 2.31. The van der Waals surface area contributed by atoms with Gasteiger partial charge in [0, 0.05) is 5.02 Å². The first-order chi connectivity index (χ1) is 7.43. The van der Waals surface area contributed by atoms with Gasteiger partial charge >= 0.3 is 0 Å². The zero-order chi connectivity index (χ0) is 12.2. The molecule has 0 heterocycles. The summed E-state index contributed by atoms with van der Waals surface area (Å²) in [4.78, 5) is 10.3. The normalized spacial score (nSPS) is 13.0. The smallest absolute Gasteiger partial charge is 0.246 e. The molecule has 0 spiro atoms. The Morgan fingerprint density at radius 3 is 2.25 bits per heavy atom. The summed E-state index contributed by atoms with van der Waals surface area (Å²) in [5, 5.41) is 2.81. The summed E-state index contributed by atoms with van der Waals surface area (Å²) < 4.78 is 3.51. The van der Waals surface area contributed by atoms with Crippen molar-refractivity contribution < 1.29 is 9.53 Å². The molecule has 1 rings (SSSR count). The van der Waals surface area contributed by atoms with Crippen LogP contribution in [0.2, 0.25) is 5.02 Å². The van der Waals surface area contributed by atoms with E-state index in [0.717, 1.165) is 0 Å². The van der Waals surface area contributed by atoms with Gasteiger partial charge in [-0.2, -0.15) is 0 Å². The predicted molar refractivity (Wildman–Crippen MR) is 65.4 cm³/mol. The van der Waals surface area contributed by atoms with Gasteiger partial charge in [-0.1, -0.05) is 46.4 Å². The number of amides is 1. The average Bonchev–Trinajstić information content (AvgIpc) is 2.19. The highest BCUT2D eigenvalue weighted by Gasteiger charge is 2.34. The Bertz CT molecular complexity index is 350. The minimum absolute atomic E-state index is 0.391. The molecule has 0 bridgehead atoms. The number of halogens is 4. The molecular formula is C9H7Cl4NO2. The Morgan fingerprint density at radius 2 is 1.81 bits per heavy atom. The largest absolute Gasteiger partial charge is 0.466 e. The summed E-state index contributed by atoms with van der Waals surface area (Å²) in [6.45, 7) is 0. The molecule has 7 heteroatoms. The molecule has 0 aliphatic heterocycles. The molecule has 1 amide bonds. The van der Waals surface area contributed by atoms with E-state index in [1.165, 1.54) is 0 Å². The fraction of sp³-hybridized carbons (Fsp3) is 0.222. The number of carbonyl (C=O) groups is 1. The van der Waals surface area contributed by atoms with Crippen molar-refractivity contribution in [1.29, 1.82) is 0 Å². The number of rotatable bonds is 4. The second-order valence-corrected chi connectivity index (χ2v) is 5.58. The van der Waals surface area contributed by atoms with Crippen LogP contribution >= 0.6 is 46.4 Å². The van der Waals surface area contributed by atoms with Gasteiger partial charge in [-0.15, -0.1) is 0 Å². The Kier molecular flexibility index (Phi) is 4.99. The molecule has 0 fully saturated rings. The van der Waals surface area contributed by atoms with E-state index in [-0.39, 0.29) is 0 Å². The van der Waals surface area contributed by atoms with Gasteiger partial charge in [0.15, 0.2) is 0 Å². The predicted octanol–water partition coefficient (Wildman–Crippen LogP) is 3.16. The lowest BCUT2D eigenvalue weighted by molar-refractivity contribution is -0.111. The molecule has 0 saturated carbocycles. The van der Waals surface area contributed by atoms with Crippen LogP contribution in [0, 0.1) is 0 Å². The zero-order valence-electron chi connectivity index (χ0n) is 7.79. The molecule has 1 aromatic rings. The van der Waals surface area contributed by atoms with Gasteiger partial charge < -0.3 is 10.1 Å². The quantitative estimate of drug-likeness (QED) is 0.527. The number of carbonyl (C=O) groups excluding carboxylic acids is 1. The molecule has 1 atom stereocenters. The van der Waals surface area contributed by atoms with Gasteiger partial charge in [0.25, 0.3) is 0 Å². The topological polar surface area (TPSA) is 38.3 Å². The van der Waals surface area contributed by atoms with Crippen molar-refractivity contribution in [3.8, 4) is 5.75 Å². The van der Waals surface area contributed by atoms with Crippen LogP contribution in [0.1, 0.15) is 0 Å². The summed E-state index contributed by atoms with van der Waals surface area (Å²) in [6.07, 6.45) is -0.682. The lowest BCUT2D eigenvalue weighted by atomic mass is 10.3. The van der Waals surface area contributed by atoms with E-state index in [1.54, 1.807) is 24.3 Å². The fourth-order valence-electron chi connectivity index (χ4n) is 0.906. The lowest BCUT2D eigenvalue weighted by Crippen LogP contribution is -2.44. The maximum absolute atomic E-state index is 10.3. The Hall–Kier alpha value is -0.350. The third-order valence-electron chi connectivity index (χ3n) is 1.58. The number of ether oxygens (including phenoxy) is 1. The van der Waals surface area contributed by atoms with E-state index in [9.17, 15) is 4.79 Å². The lowest BCUT2D eigenvalue weighted by Gasteiger charge is -2.24. The number of alkyl halides is 3. The second-order valence-electron chi connectivity index (χ2n) is 2.78. The number of hydrogen-bond acceptors (Lipinski definition) is 2. The van der Waals surface area contributed by atoms with Crippen LogP contribution in [0.25, 0.3) is 0 Å². The molecule has 0 radical (unpaired) electrons. The van der Waals surface area contributed by atoms with Crippen LogP contribution in [0.4, 0.5) is 0 Å². The number of hydrogen-bond donors (Lipinski definition) is 1. The van der Waals surface area contributed by atoms with Crippen molar-refractivity contribution in [3.63, 3.8) is 0 Å². The summed E-state index contributed by atoms with van der Waals surface area (Å²) in [6, 6.07) is 6.43. The van der Waals surface area contributed by atoms with Crippen LogP contribution in [-0.4, -0.2) is 16.4 Å². The van der Waals surface area contributed by atoms with Crippen LogP contribution in [-0.2, 0) is 4.79 Å². The molecule has 0 aliphatic rings. The first-order valence-electron chi connectivity index (χ1n) is 4.12. The Morgan fingerprint density at radius 1 is 1.25 bits per heavy atom. The van der Waals surface area contributed by atoms with Crippen molar-refractivity contribution in [3.05, 3.63) is 29.3 Å².